The van der Waals surface area contributed by atoms with Crippen LogP contribution in [0.15, 0.2) is 0 Å². The first-order chi connectivity index (χ1) is 8.27. The first-order valence-corrected chi connectivity index (χ1v) is 7.38. The van der Waals surface area contributed by atoms with Gasteiger partial charge in [-0.15, -0.1) is 0 Å². The Balaban J connectivity index is 1.51. The number of nitrogens with zero attached hydrogens (tertiary/aromatic N) is 1. The summed E-state index contributed by atoms with van der Waals surface area (Å²) in [5.41, 5.74) is 0.113. The van der Waals surface area contributed by atoms with E-state index in [1.54, 1.807) is 0 Å². The van der Waals surface area contributed by atoms with Gasteiger partial charge in [0.15, 0.2) is 0 Å². The van der Waals surface area contributed by atoms with E-state index in [4.69, 9.17) is 4.74 Å². The standard InChI is InChI=1S/C14H26N2O/c1-14(7-4-10-17-14)11-15-12-6-9-16-8-3-2-5-13(12)16/h12-13,15H,2-11H2,1H3. The van der Waals surface area contributed by atoms with Crippen LogP contribution >= 0.6 is 0 Å². The summed E-state index contributed by atoms with van der Waals surface area (Å²) in [5.74, 6) is 0. The summed E-state index contributed by atoms with van der Waals surface area (Å²) < 4.78 is 5.86. The first-order valence-electron chi connectivity index (χ1n) is 7.38. The molecule has 98 valence electrons. The number of nitrogens with one attached hydrogen (secondary N) is 1. The highest BCUT2D eigenvalue weighted by Crippen LogP contribution is 2.29. The molecular weight excluding hydrogens is 212 g/mol. The van der Waals surface area contributed by atoms with Gasteiger partial charge in [-0.2, -0.15) is 0 Å². The van der Waals surface area contributed by atoms with Gasteiger partial charge in [-0.1, -0.05) is 6.42 Å². The van der Waals surface area contributed by atoms with E-state index in [1.807, 2.05) is 0 Å². The van der Waals surface area contributed by atoms with E-state index in [1.165, 1.54) is 51.6 Å². The fraction of sp³-hybridized carbons (Fsp3) is 1.00. The first kappa shape index (κ1) is 11.9. The van der Waals surface area contributed by atoms with Gasteiger partial charge in [-0.25, -0.2) is 0 Å². The second kappa shape index (κ2) is 4.87. The molecule has 3 aliphatic heterocycles. The van der Waals surface area contributed by atoms with Crippen LogP contribution in [-0.2, 0) is 4.74 Å². The van der Waals surface area contributed by atoms with Crippen molar-refractivity contribution in [2.75, 3.05) is 26.2 Å². The third-order valence-corrected chi connectivity index (χ3v) is 4.89. The van der Waals surface area contributed by atoms with Crippen molar-refractivity contribution in [2.45, 2.75) is 63.1 Å². The highest BCUT2D eigenvalue weighted by atomic mass is 16.5. The molecule has 3 fully saturated rings. The predicted octanol–water partition coefficient (Wildman–Crippen LogP) is 1.77. The van der Waals surface area contributed by atoms with Gasteiger partial charge in [0, 0.05) is 31.8 Å². The summed E-state index contributed by atoms with van der Waals surface area (Å²) >= 11 is 0. The second-order valence-corrected chi connectivity index (χ2v) is 6.28. The van der Waals surface area contributed by atoms with Crippen molar-refractivity contribution in [1.29, 1.82) is 0 Å². The summed E-state index contributed by atoms with van der Waals surface area (Å²) in [7, 11) is 0. The Morgan fingerprint density at radius 3 is 3.00 bits per heavy atom. The number of piperidine rings is 1. The molecule has 1 N–H and O–H groups in total. The molecule has 0 saturated carbocycles. The van der Waals surface area contributed by atoms with Crippen LogP contribution in [0, 0.1) is 0 Å². The predicted molar refractivity (Wildman–Crippen MR) is 69.2 cm³/mol. The zero-order valence-electron chi connectivity index (χ0n) is 11.1. The lowest BCUT2D eigenvalue weighted by atomic mass is 9.97. The Morgan fingerprint density at radius 2 is 2.18 bits per heavy atom. The Labute approximate surface area is 105 Å². The van der Waals surface area contributed by atoms with Gasteiger partial charge >= 0.3 is 0 Å². The van der Waals surface area contributed by atoms with E-state index in [0.29, 0.717) is 0 Å². The fourth-order valence-electron chi connectivity index (χ4n) is 3.81. The quantitative estimate of drug-likeness (QED) is 0.811. The summed E-state index contributed by atoms with van der Waals surface area (Å²) in [6.45, 7) is 6.90. The van der Waals surface area contributed by atoms with Crippen molar-refractivity contribution in [1.82, 2.24) is 10.2 Å². The minimum absolute atomic E-state index is 0.113. The second-order valence-electron chi connectivity index (χ2n) is 6.28. The molecule has 0 aliphatic carbocycles. The molecule has 3 saturated heterocycles. The molecule has 3 rings (SSSR count). The maximum Gasteiger partial charge on any atom is 0.0779 e. The summed E-state index contributed by atoms with van der Waals surface area (Å²) in [4.78, 5) is 2.69. The van der Waals surface area contributed by atoms with Crippen LogP contribution in [-0.4, -0.2) is 48.8 Å². The Bertz CT molecular complexity index is 263. The van der Waals surface area contributed by atoms with E-state index in [2.05, 4.69) is 17.1 Å². The van der Waals surface area contributed by atoms with Crippen molar-refractivity contribution < 1.29 is 4.74 Å². The zero-order chi connectivity index (χ0) is 11.7. The molecule has 0 aromatic rings. The molecule has 0 aromatic carbocycles. The molecule has 3 heterocycles. The average Bonchev–Trinajstić information content (AvgIpc) is 2.94. The number of ether oxygens (including phenoxy) is 1. The topological polar surface area (TPSA) is 24.5 Å². The fourth-order valence-corrected chi connectivity index (χ4v) is 3.81. The van der Waals surface area contributed by atoms with E-state index in [-0.39, 0.29) is 5.60 Å². The Morgan fingerprint density at radius 1 is 1.24 bits per heavy atom. The summed E-state index contributed by atoms with van der Waals surface area (Å²) in [5, 5.41) is 3.80. The summed E-state index contributed by atoms with van der Waals surface area (Å²) in [6, 6.07) is 1.53. The van der Waals surface area contributed by atoms with Crippen LogP contribution in [0.4, 0.5) is 0 Å². The van der Waals surface area contributed by atoms with Crippen molar-refractivity contribution in [3.8, 4) is 0 Å². The highest BCUT2D eigenvalue weighted by molar-refractivity contribution is 4.95. The molecule has 0 aromatic heterocycles. The average molecular weight is 238 g/mol. The molecule has 0 spiro atoms. The third kappa shape index (κ3) is 2.51. The zero-order valence-corrected chi connectivity index (χ0v) is 11.1. The lowest BCUT2D eigenvalue weighted by Gasteiger charge is -2.34. The van der Waals surface area contributed by atoms with Gasteiger partial charge in [0.2, 0.25) is 0 Å². The van der Waals surface area contributed by atoms with Crippen molar-refractivity contribution in [3.05, 3.63) is 0 Å². The number of fused-ring (bicyclic) bond motifs is 1. The SMILES string of the molecule is CC1(CNC2CCN3CCCCC23)CCCO1. The van der Waals surface area contributed by atoms with Gasteiger partial charge in [-0.05, 0) is 45.6 Å². The molecule has 0 amide bonds. The van der Waals surface area contributed by atoms with E-state index >= 15 is 0 Å². The van der Waals surface area contributed by atoms with Gasteiger partial charge < -0.3 is 10.1 Å². The van der Waals surface area contributed by atoms with Crippen molar-refractivity contribution in [2.24, 2.45) is 0 Å². The van der Waals surface area contributed by atoms with Crippen LogP contribution in [0.25, 0.3) is 0 Å². The molecule has 17 heavy (non-hydrogen) atoms. The lowest BCUT2D eigenvalue weighted by molar-refractivity contribution is 0.0173. The Kier molecular flexibility index (Phi) is 3.42. The molecule has 3 atom stereocenters. The van der Waals surface area contributed by atoms with Crippen LogP contribution in [0.3, 0.4) is 0 Å². The summed E-state index contributed by atoms with van der Waals surface area (Å²) in [6.07, 6.45) is 8.02. The number of rotatable bonds is 3. The molecule has 0 radical (unpaired) electrons. The maximum atomic E-state index is 5.86. The van der Waals surface area contributed by atoms with E-state index in [0.717, 1.165) is 25.2 Å². The lowest BCUT2D eigenvalue weighted by Crippen LogP contribution is -2.49. The number of hydrogen-bond donors (Lipinski definition) is 1. The monoisotopic (exact) mass is 238 g/mol. The number of hydrogen-bond acceptors (Lipinski definition) is 3. The normalized spacial score (nSPS) is 42.9. The molecule has 0 bridgehead atoms. The van der Waals surface area contributed by atoms with Crippen LogP contribution < -0.4 is 5.32 Å². The van der Waals surface area contributed by atoms with Gasteiger partial charge in [0.25, 0.3) is 0 Å². The van der Waals surface area contributed by atoms with Crippen molar-refractivity contribution in [3.63, 3.8) is 0 Å². The van der Waals surface area contributed by atoms with E-state index < -0.39 is 0 Å². The molecule has 3 nitrogen and oxygen atoms in total. The van der Waals surface area contributed by atoms with Gasteiger partial charge in [0.1, 0.15) is 0 Å². The molecule has 3 heteroatoms. The third-order valence-electron chi connectivity index (χ3n) is 4.89. The smallest absolute Gasteiger partial charge is 0.0779 e. The maximum absolute atomic E-state index is 5.86. The van der Waals surface area contributed by atoms with Crippen LogP contribution in [0.2, 0.25) is 0 Å². The van der Waals surface area contributed by atoms with Gasteiger partial charge in [0.05, 0.1) is 5.60 Å². The minimum Gasteiger partial charge on any atom is -0.374 e. The largest absolute Gasteiger partial charge is 0.374 e. The minimum atomic E-state index is 0.113. The van der Waals surface area contributed by atoms with Gasteiger partial charge in [-0.3, -0.25) is 4.90 Å². The van der Waals surface area contributed by atoms with Crippen LogP contribution in [0.5, 0.6) is 0 Å². The van der Waals surface area contributed by atoms with Crippen LogP contribution in [0.1, 0.15) is 45.4 Å². The highest BCUT2D eigenvalue weighted by Gasteiger charge is 2.37. The van der Waals surface area contributed by atoms with Crippen molar-refractivity contribution >= 4 is 0 Å². The van der Waals surface area contributed by atoms with E-state index in [9.17, 15) is 0 Å². The Hall–Kier alpha value is -0.120. The molecule has 3 aliphatic rings. The molecular formula is C14H26N2O. The molecule has 3 unspecified atom stereocenters.